The van der Waals surface area contributed by atoms with Gasteiger partial charge in [0.1, 0.15) is 11.0 Å². The Morgan fingerprint density at radius 1 is 1.29 bits per heavy atom. The number of nitrogens with zero attached hydrogens (tertiary/aromatic N) is 1. The lowest BCUT2D eigenvalue weighted by molar-refractivity contribution is -0.163. The van der Waals surface area contributed by atoms with Crippen LogP contribution in [0.2, 0.25) is 0 Å². The maximum Gasteiger partial charge on any atom is 0.410 e. The Hall–Kier alpha value is -0.570. The Morgan fingerprint density at radius 2 is 1.92 bits per heavy atom. The van der Waals surface area contributed by atoms with E-state index in [2.05, 4.69) is 22.6 Å². The predicted octanol–water partition coefficient (Wildman–Crippen LogP) is 2.77. The van der Waals surface area contributed by atoms with Crippen LogP contribution in [-0.4, -0.2) is 58.4 Å². The van der Waals surface area contributed by atoms with Crippen LogP contribution in [0.3, 0.4) is 0 Å². The monoisotopic (exact) mass is 451 g/mol. The molecule has 0 N–H and O–H groups in total. The van der Waals surface area contributed by atoms with Crippen molar-refractivity contribution < 1.29 is 23.8 Å². The van der Waals surface area contributed by atoms with E-state index in [4.69, 9.17) is 14.2 Å². The lowest BCUT2D eigenvalue weighted by Gasteiger charge is -2.46. The third-order valence-electron chi connectivity index (χ3n) is 5.11. The van der Waals surface area contributed by atoms with Crippen LogP contribution in [0.1, 0.15) is 40.5 Å². The number of esters is 1. The summed E-state index contributed by atoms with van der Waals surface area (Å²) in [4.78, 5) is 26.3. The van der Waals surface area contributed by atoms with Crippen molar-refractivity contribution in [2.24, 2.45) is 11.3 Å². The van der Waals surface area contributed by atoms with E-state index in [0.717, 1.165) is 17.3 Å². The van der Waals surface area contributed by atoms with Crippen LogP contribution in [0.5, 0.6) is 0 Å². The second-order valence-electron chi connectivity index (χ2n) is 8.23. The minimum atomic E-state index is -0.508. The number of ether oxygens (including phenoxy) is 3. The van der Waals surface area contributed by atoms with Gasteiger partial charge in [-0.3, -0.25) is 4.79 Å². The Morgan fingerprint density at radius 3 is 2.42 bits per heavy atom. The van der Waals surface area contributed by atoms with Gasteiger partial charge in [0.15, 0.2) is 0 Å². The Kier molecular flexibility index (Phi) is 4.56. The van der Waals surface area contributed by atoms with Crippen molar-refractivity contribution in [2.75, 3.05) is 24.1 Å². The molecule has 1 saturated carbocycles. The van der Waals surface area contributed by atoms with Crippen molar-refractivity contribution in [1.29, 1.82) is 0 Å². The summed E-state index contributed by atoms with van der Waals surface area (Å²) in [6.07, 6.45) is 1.05. The first-order chi connectivity index (χ1) is 11.1. The van der Waals surface area contributed by atoms with Gasteiger partial charge >= 0.3 is 12.1 Å². The van der Waals surface area contributed by atoms with Crippen LogP contribution in [0, 0.1) is 11.3 Å². The zero-order valence-corrected chi connectivity index (χ0v) is 16.9. The highest BCUT2D eigenvalue weighted by Crippen LogP contribution is 2.65. The van der Waals surface area contributed by atoms with Crippen molar-refractivity contribution in [1.82, 2.24) is 4.90 Å². The van der Waals surface area contributed by atoms with E-state index >= 15 is 0 Å². The van der Waals surface area contributed by atoms with E-state index < -0.39 is 11.0 Å². The Bertz CT molecular complexity index is 532. The molecule has 136 valence electrons. The normalized spacial score (nSPS) is 35.2. The van der Waals surface area contributed by atoms with Gasteiger partial charge in [-0.2, -0.15) is 0 Å². The molecule has 1 amide bonds. The molecule has 7 heteroatoms. The van der Waals surface area contributed by atoms with Gasteiger partial charge in [-0.1, -0.05) is 22.6 Å². The Balaban J connectivity index is 1.63. The van der Waals surface area contributed by atoms with E-state index in [1.54, 1.807) is 4.90 Å². The molecule has 4 fully saturated rings. The van der Waals surface area contributed by atoms with Crippen molar-refractivity contribution in [2.45, 2.75) is 57.8 Å². The number of carbonyl (C=O) groups is 2. The highest BCUT2D eigenvalue weighted by Gasteiger charge is 2.73. The van der Waals surface area contributed by atoms with Crippen molar-refractivity contribution >= 4 is 34.7 Å². The van der Waals surface area contributed by atoms with E-state index in [1.807, 2.05) is 27.7 Å². The first-order valence-electron chi connectivity index (χ1n) is 8.54. The molecule has 1 unspecified atom stereocenters. The van der Waals surface area contributed by atoms with E-state index in [9.17, 15) is 9.59 Å². The molecule has 1 atom stereocenters. The van der Waals surface area contributed by atoms with Crippen molar-refractivity contribution in [3.63, 3.8) is 0 Å². The van der Waals surface area contributed by atoms with Crippen LogP contribution in [0.15, 0.2) is 0 Å². The van der Waals surface area contributed by atoms with Crippen LogP contribution in [0.25, 0.3) is 0 Å². The fourth-order valence-electron chi connectivity index (χ4n) is 4.15. The molecule has 4 rings (SSSR count). The summed E-state index contributed by atoms with van der Waals surface area (Å²) in [6, 6.07) is 0. The average molecular weight is 451 g/mol. The second kappa shape index (κ2) is 6.00. The number of halogens is 1. The zero-order valence-electron chi connectivity index (χ0n) is 14.8. The average Bonchev–Trinajstić information content (AvgIpc) is 2.86. The lowest BCUT2D eigenvalue weighted by Crippen LogP contribution is -2.60. The van der Waals surface area contributed by atoms with Gasteiger partial charge in [0.25, 0.3) is 0 Å². The van der Waals surface area contributed by atoms with E-state index in [0.29, 0.717) is 19.7 Å². The molecular weight excluding hydrogens is 425 g/mol. The molecule has 24 heavy (non-hydrogen) atoms. The molecular formula is C17H26INO5. The minimum absolute atomic E-state index is 0.135. The first-order valence-corrected chi connectivity index (χ1v) is 10.1. The fourth-order valence-corrected chi connectivity index (χ4v) is 4.87. The van der Waals surface area contributed by atoms with Gasteiger partial charge in [0.2, 0.25) is 0 Å². The molecule has 4 aliphatic rings. The fraction of sp³-hybridized carbons (Fsp3) is 0.882. The van der Waals surface area contributed by atoms with Crippen LogP contribution >= 0.6 is 22.6 Å². The number of rotatable bonds is 4. The van der Waals surface area contributed by atoms with Crippen LogP contribution < -0.4 is 0 Å². The van der Waals surface area contributed by atoms with E-state index in [1.165, 1.54) is 0 Å². The summed E-state index contributed by atoms with van der Waals surface area (Å²) in [5.41, 5.74) is -1.18. The second-order valence-corrected chi connectivity index (χ2v) is 8.99. The molecule has 3 heterocycles. The van der Waals surface area contributed by atoms with Gasteiger partial charge in [-0.25, -0.2) is 4.79 Å². The molecule has 0 aromatic rings. The summed E-state index contributed by atoms with van der Waals surface area (Å²) in [7, 11) is 0. The summed E-state index contributed by atoms with van der Waals surface area (Å²) in [5.74, 6) is 0.0398. The number of likely N-dealkylation sites (tertiary alicyclic amines) is 1. The molecule has 0 aromatic heterocycles. The number of hydrogen-bond donors (Lipinski definition) is 0. The summed E-state index contributed by atoms with van der Waals surface area (Å²) < 4.78 is 17.9. The summed E-state index contributed by atoms with van der Waals surface area (Å²) >= 11 is 2.33. The van der Waals surface area contributed by atoms with Gasteiger partial charge in [0, 0.05) is 23.4 Å². The highest BCUT2D eigenvalue weighted by atomic mass is 127. The molecule has 0 radical (unpaired) electrons. The molecule has 6 nitrogen and oxygen atoms in total. The molecule has 1 aliphatic carbocycles. The third kappa shape index (κ3) is 2.91. The van der Waals surface area contributed by atoms with Gasteiger partial charge in [0.05, 0.1) is 18.3 Å². The highest BCUT2D eigenvalue weighted by molar-refractivity contribution is 14.1. The predicted molar refractivity (Wildman–Crippen MR) is 96.1 cm³/mol. The largest absolute Gasteiger partial charge is 0.465 e. The molecule has 0 spiro atoms. The standard InChI is InChI=1S/C17H26INO5/c1-5-22-13(20)17-8-16(9-17,10-18)23-12(17)11-6-19(7-11)14(21)24-15(2,3)4/h11-12H,5-10H2,1-4H3. The quantitative estimate of drug-likeness (QED) is 0.374. The SMILES string of the molecule is CCOC(=O)C12CC(CI)(C1)OC2C1CN(C(=O)OC(C)(C)C)C1. The van der Waals surface area contributed by atoms with Gasteiger partial charge < -0.3 is 19.1 Å². The maximum absolute atomic E-state index is 12.5. The van der Waals surface area contributed by atoms with Crippen molar-refractivity contribution in [3.05, 3.63) is 0 Å². The summed E-state index contributed by atoms with van der Waals surface area (Å²) in [5, 5.41) is 0. The van der Waals surface area contributed by atoms with Crippen LogP contribution in [0.4, 0.5) is 4.79 Å². The Labute approximate surface area is 156 Å². The van der Waals surface area contributed by atoms with E-state index in [-0.39, 0.29) is 29.7 Å². The lowest BCUT2D eigenvalue weighted by atomic mass is 9.58. The van der Waals surface area contributed by atoms with Gasteiger partial charge in [-0.15, -0.1) is 0 Å². The van der Waals surface area contributed by atoms with Crippen LogP contribution in [-0.2, 0) is 19.0 Å². The smallest absolute Gasteiger partial charge is 0.410 e. The first kappa shape index (κ1) is 18.2. The molecule has 3 saturated heterocycles. The minimum Gasteiger partial charge on any atom is -0.465 e. The molecule has 3 aliphatic heterocycles. The molecule has 2 bridgehead atoms. The number of alkyl halides is 1. The number of hydrogen-bond acceptors (Lipinski definition) is 5. The summed E-state index contributed by atoms with van der Waals surface area (Å²) in [6.45, 7) is 8.96. The number of carbonyl (C=O) groups excluding carboxylic acids is 2. The van der Waals surface area contributed by atoms with Gasteiger partial charge in [-0.05, 0) is 40.5 Å². The number of fused-ring (bicyclic) bond motifs is 1. The zero-order chi connectivity index (χ0) is 17.8. The molecule has 0 aromatic carbocycles. The number of amides is 1. The third-order valence-corrected chi connectivity index (χ3v) is 6.50. The maximum atomic E-state index is 12.5. The van der Waals surface area contributed by atoms with Crippen molar-refractivity contribution in [3.8, 4) is 0 Å². The topological polar surface area (TPSA) is 65.1 Å².